The van der Waals surface area contributed by atoms with E-state index in [0.717, 1.165) is 6.61 Å². The Labute approximate surface area is 76.0 Å². The SMILES string of the molecule is CNC(C=C(C)C)COC(C)C. The second-order valence-corrected chi connectivity index (χ2v) is 3.52. The third-order valence-electron chi connectivity index (χ3n) is 1.51. The monoisotopic (exact) mass is 171 g/mol. The molecule has 0 amide bonds. The van der Waals surface area contributed by atoms with Crippen LogP contribution in [0.3, 0.4) is 0 Å². The van der Waals surface area contributed by atoms with Crippen molar-refractivity contribution in [1.29, 1.82) is 0 Å². The van der Waals surface area contributed by atoms with E-state index in [0.29, 0.717) is 12.1 Å². The Morgan fingerprint density at radius 2 is 2.00 bits per heavy atom. The van der Waals surface area contributed by atoms with Crippen LogP contribution in [0.5, 0.6) is 0 Å². The van der Waals surface area contributed by atoms with E-state index in [1.54, 1.807) is 0 Å². The predicted molar refractivity (Wildman–Crippen MR) is 53.4 cm³/mol. The van der Waals surface area contributed by atoms with Crippen molar-refractivity contribution in [2.75, 3.05) is 13.7 Å². The minimum absolute atomic E-state index is 0.311. The van der Waals surface area contributed by atoms with Crippen LogP contribution in [-0.4, -0.2) is 25.8 Å². The van der Waals surface area contributed by atoms with Gasteiger partial charge in [-0.3, -0.25) is 0 Å². The molecule has 0 aromatic heterocycles. The molecule has 1 atom stereocenters. The fraction of sp³-hybridized carbons (Fsp3) is 0.800. The summed E-state index contributed by atoms with van der Waals surface area (Å²) in [6, 6.07) is 0.345. The second kappa shape index (κ2) is 6.21. The van der Waals surface area contributed by atoms with Crippen LogP contribution in [0.2, 0.25) is 0 Å². The van der Waals surface area contributed by atoms with E-state index >= 15 is 0 Å². The molecule has 1 N–H and O–H groups in total. The van der Waals surface area contributed by atoms with Gasteiger partial charge in [-0.1, -0.05) is 11.6 Å². The molecular weight excluding hydrogens is 150 g/mol. The van der Waals surface area contributed by atoms with Crippen LogP contribution in [0.15, 0.2) is 11.6 Å². The Balaban J connectivity index is 3.76. The lowest BCUT2D eigenvalue weighted by Gasteiger charge is -2.14. The molecule has 0 aliphatic carbocycles. The number of allylic oxidation sites excluding steroid dienone is 1. The highest BCUT2D eigenvalue weighted by Gasteiger charge is 2.02. The molecule has 0 aromatic rings. The molecule has 72 valence electrons. The maximum absolute atomic E-state index is 5.49. The van der Waals surface area contributed by atoms with Crippen LogP contribution in [0.25, 0.3) is 0 Å². The molecule has 0 radical (unpaired) electrons. The number of hydrogen-bond donors (Lipinski definition) is 1. The van der Waals surface area contributed by atoms with Crippen molar-refractivity contribution in [2.24, 2.45) is 0 Å². The lowest BCUT2D eigenvalue weighted by molar-refractivity contribution is 0.0705. The fourth-order valence-electron chi connectivity index (χ4n) is 0.913. The van der Waals surface area contributed by atoms with E-state index < -0.39 is 0 Å². The molecule has 0 spiro atoms. The number of nitrogens with one attached hydrogen (secondary N) is 1. The average Bonchev–Trinajstić information content (AvgIpc) is 1.97. The summed E-state index contributed by atoms with van der Waals surface area (Å²) in [5, 5.41) is 3.19. The lowest BCUT2D eigenvalue weighted by Crippen LogP contribution is -2.29. The number of likely N-dealkylation sites (N-methyl/N-ethyl adjacent to an activating group) is 1. The summed E-state index contributed by atoms with van der Waals surface area (Å²) < 4.78 is 5.49. The van der Waals surface area contributed by atoms with Crippen LogP contribution in [0.4, 0.5) is 0 Å². The van der Waals surface area contributed by atoms with Crippen molar-refractivity contribution in [3.63, 3.8) is 0 Å². The topological polar surface area (TPSA) is 21.3 Å². The molecule has 1 unspecified atom stereocenters. The summed E-state index contributed by atoms with van der Waals surface area (Å²) in [5.41, 5.74) is 1.32. The van der Waals surface area contributed by atoms with Crippen molar-refractivity contribution in [3.8, 4) is 0 Å². The van der Waals surface area contributed by atoms with Crippen LogP contribution in [0, 0.1) is 0 Å². The largest absolute Gasteiger partial charge is 0.377 e. The van der Waals surface area contributed by atoms with Gasteiger partial charge in [0.25, 0.3) is 0 Å². The highest BCUT2D eigenvalue weighted by atomic mass is 16.5. The first-order chi connectivity index (χ1) is 5.56. The Hall–Kier alpha value is -0.340. The van der Waals surface area contributed by atoms with E-state index in [-0.39, 0.29) is 0 Å². The highest BCUT2D eigenvalue weighted by Crippen LogP contribution is 1.97. The molecule has 12 heavy (non-hydrogen) atoms. The third kappa shape index (κ3) is 6.38. The molecule has 0 aliphatic heterocycles. The van der Waals surface area contributed by atoms with Crippen LogP contribution in [-0.2, 0) is 4.74 Å². The van der Waals surface area contributed by atoms with Crippen molar-refractivity contribution >= 4 is 0 Å². The summed E-state index contributed by atoms with van der Waals surface area (Å²) in [6.45, 7) is 9.04. The van der Waals surface area contributed by atoms with Crippen LogP contribution >= 0.6 is 0 Å². The van der Waals surface area contributed by atoms with Gasteiger partial charge < -0.3 is 10.1 Å². The summed E-state index contributed by atoms with van der Waals surface area (Å²) in [6.07, 6.45) is 2.49. The molecule has 0 saturated heterocycles. The average molecular weight is 171 g/mol. The molecular formula is C10H21NO. The molecule has 0 aromatic carbocycles. The minimum atomic E-state index is 0.311. The summed E-state index contributed by atoms with van der Waals surface area (Å²) in [4.78, 5) is 0. The summed E-state index contributed by atoms with van der Waals surface area (Å²) in [5.74, 6) is 0. The number of rotatable bonds is 5. The lowest BCUT2D eigenvalue weighted by atomic mass is 10.2. The zero-order valence-corrected chi connectivity index (χ0v) is 8.85. The molecule has 0 saturated carbocycles. The second-order valence-electron chi connectivity index (χ2n) is 3.52. The van der Waals surface area contributed by atoms with Crippen LogP contribution in [0.1, 0.15) is 27.7 Å². The highest BCUT2D eigenvalue weighted by molar-refractivity contribution is 5.00. The van der Waals surface area contributed by atoms with Crippen molar-refractivity contribution in [2.45, 2.75) is 39.8 Å². The number of ether oxygens (including phenoxy) is 1. The van der Waals surface area contributed by atoms with Gasteiger partial charge in [0.05, 0.1) is 12.7 Å². The Bertz CT molecular complexity index is 137. The first-order valence-electron chi connectivity index (χ1n) is 4.50. The Kier molecular flexibility index (Phi) is 6.03. The minimum Gasteiger partial charge on any atom is -0.377 e. The van der Waals surface area contributed by atoms with E-state index in [2.05, 4.69) is 39.1 Å². The normalized spacial score (nSPS) is 13.2. The number of hydrogen-bond acceptors (Lipinski definition) is 2. The van der Waals surface area contributed by atoms with E-state index in [9.17, 15) is 0 Å². The molecule has 0 aliphatic rings. The molecule has 2 nitrogen and oxygen atoms in total. The van der Waals surface area contributed by atoms with Gasteiger partial charge in [-0.2, -0.15) is 0 Å². The summed E-state index contributed by atoms with van der Waals surface area (Å²) >= 11 is 0. The van der Waals surface area contributed by atoms with Gasteiger partial charge in [-0.05, 0) is 34.7 Å². The third-order valence-corrected chi connectivity index (χ3v) is 1.51. The van der Waals surface area contributed by atoms with Crippen molar-refractivity contribution in [1.82, 2.24) is 5.32 Å². The van der Waals surface area contributed by atoms with Crippen LogP contribution < -0.4 is 5.32 Å². The molecule has 0 bridgehead atoms. The van der Waals surface area contributed by atoms with E-state index in [1.165, 1.54) is 5.57 Å². The van der Waals surface area contributed by atoms with Gasteiger partial charge in [0.2, 0.25) is 0 Å². The quantitative estimate of drug-likeness (QED) is 0.638. The van der Waals surface area contributed by atoms with Gasteiger partial charge in [0, 0.05) is 6.04 Å². The van der Waals surface area contributed by atoms with Gasteiger partial charge in [0.1, 0.15) is 0 Å². The molecule has 0 fully saturated rings. The maximum Gasteiger partial charge on any atom is 0.0659 e. The van der Waals surface area contributed by atoms with Crippen molar-refractivity contribution in [3.05, 3.63) is 11.6 Å². The first kappa shape index (κ1) is 11.7. The van der Waals surface area contributed by atoms with Gasteiger partial charge in [0.15, 0.2) is 0 Å². The van der Waals surface area contributed by atoms with Gasteiger partial charge in [-0.15, -0.1) is 0 Å². The molecule has 0 heterocycles. The standard InChI is InChI=1S/C10H21NO/c1-8(2)6-10(11-5)7-12-9(3)4/h6,9-11H,7H2,1-5H3. The van der Waals surface area contributed by atoms with Gasteiger partial charge in [-0.25, -0.2) is 0 Å². The molecule has 0 rings (SSSR count). The fourth-order valence-corrected chi connectivity index (χ4v) is 0.913. The predicted octanol–water partition coefficient (Wildman–Crippen LogP) is 1.97. The Morgan fingerprint density at radius 3 is 2.33 bits per heavy atom. The zero-order valence-electron chi connectivity index (χ0n) is 8.85. The Morgan fingerprint density at radius 1 is 1.42 bits per heavy atom. The smallest absolute Gasteiger partial charge is 0.0659 e. The van der Waals surface area contributed by atoms with Crippen molar-refractivity contribution < 1.29 is 4.74 Å². The maximum atomic E-state index is 5.49. The van der Waals surface area contributed by atoms with E-state index in [4.69, 9.17) is 4.74 Å². The zero-order chi connectivity index (χ0) is 9.56. The summed E-state index contributed by atoms with van der Waals surface area (Å²) in [7, 11) is 1.95. The first-order valence-corrected chi connectivity index (χ1v) is 4.50. The van der Waals surface area contributed by atoms with E-state index in [1.807, 2.05) is 7.05 Å². The van der Waals surface area contributed by atoms with Gasteiger partial charge >= 0.3 is 0 Å². The molecule has 2 heteroatoms.